The predicted molar refractivity (Wildman–Crippen MR) is 104 cm³/mol. The fraction of sp³-hybridized carbons (Fsp3) is 0.273. The Balaban J connectivity index is 1.69. The molecule has 0 fully saturated rings. The van der Waals surface area contributed by atoms with Crippen LogP contribution in [0.3, 0.4) is 0 Å². The molecule has 2 aromatic carbocycles. The summed E-state index contributed by atoms with van der Waals surface area (Å²) in [4.78, 5) is 16.9. The summed E-state index contributed by atoms with van der Waals surface area (Å²) >= 11 is 0. The van der Waals surface area contributed by atoms with Gasteiger partial charge in [-0.15, -0.1) is 0 Å². The summed E-state index contributed by atoms with van der Waals surface area (Å²) in [5.74, 6) is 0.946. The van der Waals surface area contributed by atoms with Crippen molar-refractivity contribution in [2.45, 2.75) is 39.8 Å². The second kappa shape index (κ2) is 8.00. The van der Waals surface area contributed by atoms with Gasteiger partial charge < -0.3 is 9.88 Å². The van der Waals surface area contributed by atoms with Gasteiger partial charge in [0, 0.05) is 24.5 Å². The zero-order valence-electron chi connectivity index (χ0n) is 15.6. The highest BCUT2D eigenvalue weighted by molar-refractivity contribution is 5.94. The minimum atomic E-state index is -0.0366. The molecule has 3 rings (SSSR count). The van der Waals surface area contributed by atoms with E-state index >= 15 is 0 Å². The lowest BCUT2D eigenvalue weighted by Crippen LogP contribution is -2.28. The molecule has 1 amide bonds. The van der Waals surface area contributed by atoms with Crippen LogP contribution < -0.4 is 5.32 Å². The quantitative estimate of drug-likeness (QED) is 0.717. The van der Waals surface area contributed by atoms with E-state index in [1.807, 2.05) is 49.5 Å². The van der Waals surface area contributed by atoms with Gasteiger partial charge in [-0.3, -0.25) is 4.79 Å². The standard InChI is InChI=1S/C22H25N3O/c1-4-21(20-8-6-5-7-16(20)2)24-22(26)19-11-9-18(10-12-19)15-25-14-13-23-17(25)3/h5-14,21H,4,15H2,1-3H3,(H,24,26)/t21-/m0/s1. The number of hydrogen-bond acceptors (Lipinski definition) is 2. The molecule has 0 saturated carbocycles. The molecule has 0 spiro atoms. The van der Waals surface area contributed by atoms with E-state index in [1.165, 1.54) is 11.1 Å². The van der Waals surface area contributed by atoms with Gasteiger partial charge in [0.05, 0.1) is 6.04 Å². The molecule has 1 atom stereocenters. The van der Waals surface area contributed by atoms with Crippen molar-refractivity contribution in [3.8, 4) is 0 Å². The fourth-order valence-electron chi connectivity index (χ4n) is 3.15. The van der Waals surface area contributed by atoms with Crippen molar-refractivity contribution in [2.24, 2.45) is 0 Å². The molecule has 4 heteroatoms. The summed E-state index contributed by atoms with van der Waals surface area (Å²) in [6.45, 7) is 6.91. The first-order valence-electron chi connectivity index (χ1n) is 9.01. The largest absolute Gasteiger partial charge is 0.345 e. The molecule has 0 aliphatic carbocycles. The highest BCUT2D eigenvalue weighted by Gasteiger charge is 2.15. The van der Waals surface area contributed by atoms with Crippen LogP contribution in [0, 0.1) is 13.8 Å². The normalized spacial score (nSPS) is 12.0. The third kappa shape index (κ3) is 4.02. The Kier molecular flexibility index (Phi) is 5.52. The van der Waals surface area contributed by atoms with Crippen molar-refractivity contribution in [1.29, 1.82) is 0 Å². The number of carbonyl (C=O) groups is 1. The van der Waals surface area contributed by atoms with E-state index in [-0.39, 0.29) is 11.9 Å². The molecule has 0 aliphatic rings. The molecule has 134 valence electrons. The molecule has 0 unspecified atom stereocenters. The number of amides is 1. The SMILES string of the molecule is CC[C@H](NC(=O)c1ccc(Cn2ccnc2C)cc1)c1ccccc1C. The van der Waals surface area contributed by atoms with Crippen molar-refractivity contribution < 1.29 is 4.79 Å². The van der Waals surface area contributed by atoms with Gasteiger partial charge in [-0.05, 0) is 49.1 Å². The minimum absolute atomic E-state index is 0.0250. The summed E-state index contributed by atoms with van der Waals surface area (Å²) in [6.07, 6.45) is 4.62. The van der Waals surface area contributed by atoms with Crippen molar-refractivity contribution in [3.63, 3.8) is 0 Å². The van der Waals surface area contributed by atoms with Crippen molar-refractivity contribution in [1.82, 2.24) is 14.9 Å². The van der Waals surface area contributed by atoms with Gasteiger partial charge >= 0.3 is 0 Å². The fourth-order valence-corrected chi connectivity index (χ4v) is 3.15. The van der Waals surface area contributed by atoms with Gasteiger partial charge in [-0.1, -0.05) is 43.3 Å². The van der Waals surface area contributed by atoms with Crippen LogP contribution in [0.5, 0.6) is 0 Å². The van der Waals surface area contributed by atoms with E-state index < -0.39 is 0 Å². The summed E-state index contributed by atoms with van der Waals surface area (Å²) in [5.41, 5.74) is 4.21. The first-order valence-corrected chi connectivity index (χ1v) is 9.01. The van der Waals surface area contributed by atoms with Crippen LogP contribution in [-0.2, 0) is 6.54 Å². The second-order valence-electron chi connectivity index (χ2n) is 6.59. The Bertz CT molecular complexity index is 880. The second-order valence-corrected chi connectivity index (χ2v) is 6.59. The Morgan fingerprint density at radius 2 is 1.85 bits per heavy atom. The van der Waals surface area contributed by atoms with Gasteiger partial charge in [-0.2, -0.15) is 0 Å². The molecule has 0 radical (unpaired) electrons. The zero-order valence-corrected chi connectivity index (χ0v) is 15.6. The summed E-state index contributed by atoms with van der Waals surface area (Å²) in [7, 11) is 0. The molecule has 26 heavy (non-hydrogen) atoms. The first-order chi connectivity index (χ1) is 12.6. The van der Waals surface area contributed by atoms with Gasteiger partial charge in [0.25, 0.3) is 5.91 Å². The smallest absolute Gasteiger partial charge is 0.251 e. The van der Waals surface area contributed by atoms with Gasteiger partial charge in [-0.25, -0.2) is 4.98 Å². The highest BCUT2D eigenvalue weighted by atomic mass is 16.1. The van der Waals surface area contributed by atoms with E-state index in [9.17, 15) is 4.79 Å². The zero-order chi connectivity index (χ0) is 18.5. The van der Waals surface area contributed by atoms with Crippen LogP contribution in [-0.4, -0.2) is 15.5 Å². The molecule has 1 N–H and O–H groups in total. The van der Waals surface area contributed by atoms with Crippen LogP contribution >= 0.6 is 0 Å². The number of nitrogens with one attached hydrogen (secondary N) is 1. The number of imidazole rings is 1. The summed E-state index contributed by atoms with van der Waals surface area (Å²) in [6, 6.07) is 16.0. The number of carbonyl (C=O) groups excluding carboxylic acids is 1. The van der Waals surface area contributed by atoms with E-state index in [2.05, 4.69) is 40.8 Å². The Morgan fingerprint density at radius 3 is 2.46 bits per heavy atom. The molecule has 1 heterocycles. The van der Waals surface area contributed by atoms with Crippen LogP contribution in [0.1, 0.15) is 52.3 Å². The molecule has 1 aromatic heterocycles. The molecular weight excluding hydrogens is 322 g/mol. The van der Waals surface area contributed by atoms with Crippen LogP contribution in [0.4, 0.5) is 0 Å². The Labute approximate surface area is 154 Å². The van der Waals surface area contributed by atoms with Crippen molar-refractivity contribution >= 4 is 5.91 Å². The third-order valence-corrected chi connectivity index (χ3v) is 4.77. The Morgan fingerprint density at radius 1 is 1.12 bits per heavy atom. The monoisotopic (exact) mass is 347 g/mol. The van der Waals surface area contributed by atoms with E-state index in [0.717, 1.165) is 24.4 Å². The first kappa shape index (κ1) is 17.9. The molecule has 4 nitrogen and oxygen atoms in total. The molecule has 0 bridgehead atoms. The number of aromatic nitrogens is 2. The lowest BCUT2D eigenvalue weighted by Gasteiger charge is -2.19. The summed E-state index contributed by atoms with van der Waals surface area (Å²) < 4.78 is 2.08. The number of hydrogen-bond donors (Lipinski definition) is 1. The van der Waals surface area contributed by atoms with Crippen LogP contribution in [0.25, 0.3) is 0 Å². The average Bonchev–Trinajstić information content (AvgIpc) is 3.05. The number of benzene rings is 2. The molecule has 3 aromatic rings. The van der Waals surface area contributed by atoms with Crippen LogP contribution in [0.15, 0.2) is 60.9 Å². The molecule has 0 aliphatic heterocycles. The Hall–Kier alpha value is -2.88. The average molecular weight is 347 g/mol. The van der Waals surface area contributed by atoms with Crippen molar-refractivity contribution in [3.05, 3.63) is 89.0 Å². The number of nitrogens with zero attached hydrogens (tertiary/aromatic N) is 2. The number of rotatable bonds is 6. The number of aryl methyl sites for hydroxylation is 2. The minimum Gasteiger partial charge on any atom is -0.345 e. The maximum absolute atomic E-state index is 12.7. The van der Waals surface area contributed by atoms with Gasteiger partial charge in [0.1, 0.15) is 5.82 Å². The van der Waals surface area contributed by atoms with Crippen LogP contribution in [0.2, 0.25) is 0 Å². The molecular formula is C22H25N3O. The highest BCUT2D eigenvalue weighted by Crippen LogP contribution is 2.21. The maximum Gasteiger partial charge on any atom is 0.251 e. The van der Waals surface area contributed by atoms with Crippen molar-refractivity contribution in [2.75, 3.05) is 0 Å². The van der Waals surface area contributed by atoms with Gasteiger partial charge in [0.2, 0.25) is 0 Å². The topological polar surface area (TPSA) is 46.9 Å². The summed E-state index contributed by atoms with van der Waals surface area (Å²) in [5, 5.41) is 3.16. The van der Waals surface area contributed by atoms with E-state index in [0.29, 0.717) is 5.56 Å². The van der Waals surface area contributed by atoms with E-state index in [4.69, 9.17) is 0 Å². The third-order valence-electron chi connectivity index (χ3n) is 4.77. The lowest BCUT2D eigenvalue weighted by atomic mass is 9.99. The maximum atomic E-state index is 12.7. The molecule has 0 saturated heterocycles. The predicted octanol–water partition coefficient (Wildman–Crippen LogP) is 4.43. The van der Waals surface area contributed by atoms with E-state index in [1.54, 1.807) is 6.20 Å². The lowest BCUT2D eigenvalue weighted by molar-refractivity contribution is 0.0935. The van der Waals surface area contributed by atoms with Gasteiger partial charge in [0.15, 0.2) is 0 Å².